The van der Waals surface area contributed by atoms with E-state index in [-0.39, 0.29) is 0 Å². The van der Waals surface area contributed by atoms with E-state index in [9.17, 15) is 4.57 Å². The van der Waals surface area contributed by atoms with E-state index >= 15 is 0 Å². The summed E-state index contributed by atoms with van der Waals surface area (Å²) in [4.78, 5) is 0. The van der Waals surface area contributed by atoms with Gasteiger partial charge < -0.3 is 8.98 Å². The number of para-hydroxylation sites is 1. The molecule has 3 heteroatoms. The molecule has 0 saturated heterocycles. The lowest BCUT2D eigenvalue weighted by Crippen LogP contribution is -2.21. The quantitative estimate of drug-likeness (QED) is 0.374. The molecule has 1 atom stereocenters. The van der Waals surface area contributed by atoms with Gasteiger partial charge in [-0.25, -0.2) is 0 Å². The fraction of sp³-hybridized carbons (Fsp3) is 0. The molecule has 2 nitrogen and oxygen atoms in total. The second kappa shape index (κ2) is 5.22. The van der Waals surface area contributed by atoms with Gasteiger partial charge in [0.15, 0.2) is 7.14 Å². The van der Waals surface area contributed by atoms with Crippen LogP contribution >= 0.6 is 7.14 Å². The Morgan fingerprint density at radius 2 is 1.37 bits per heavy atom. The third kappa shape index (κ3) is 1.83. The third-order valence-corrected chi connectivity index (χ3v) is 8.66. The van der Waals surface area contributed by atoms with Gasteiger partial charge in [0.1, 0.15) is 11.2 Å². The van der Waals surface area contributed by atoms with Crippen LogP contribution in [0.25, 0.3) is 33.1 Å². The van der Waals surface area contributed by atoms with Gasteiger partial charge in [-0.2, -0.15) is 0 Å². The lowest BCUT2D eigenvalue weighted by Gasteiger charge is -2.15. The van der Waals surface area contributed by atoms with E-state index in [0.717, 1.165) is 49.0 Å². The average Bonchev–Trinajstić information content (AvgIpc) is 3.23. The van der Waals surface area contributed by atoms with Crippen LogP contribution < -0.4 is 15.9 Å². The van der Waals surface area contributed by atoms with Gasteiger partial charge in [-0.1, -0.05) is 78.9 Å². The van der Waals surface area contributed by atoms with Crippen molar-refractivity contribution in [3.63, 3.8) is 0 Å². The fourth-order valence-electron chi connectivity index (χ4n) is 4.31. The predicted molar refractivity (Wildman–Crippen MR) is 112 cm³/mol. The maximum absolute atomic E-state index is 14.7. The molecule has 1 aliphatic rings. The standard InChI is InChI=1S/C24H15O2P/c25-27(16-8-2-1-3-9-16)22-13-7-5-11-18(22)20-15-14-19-17-10-4-6-12-21(17)26-23(19)24(20)27/h1-15H. The van der Waals surface area contributed by atoms with Crippen molar-refractivity contribution >= 4 is 45.0 Å². The second-order valence-corrected chi connectivity index (χ2v) is 9.56. The Kier molecular flexibility index (Phi) is 2.90. The highest BCUT2D eigenvalue weighted by molar-refractivity contribution is 7.86. The van der Waals surface area contributed by atoms with Crippen LogP contribution in [0.2, 0.25) is 0 Å². The lowest BCUT2D eigenvalue weighted by molar-refractivity contribution is 0.592. The van der Waals surface area contributed by atoms with Crippen LogP contribution in [-0.4, -0.2) is 0 Å². The van der Waals surface area contributed by atoms with Crippen molar-refractivity contribution < 1.29 is 8.98 Å². The molecule has 2 heterocycles. The first-order chi connectivity index (χ1) is 13.3. The molecule has 1 aliphatic heterocycles. The molecule has 0 bridgehead atoms. The zero-order chi connectivity index (χ0) is 18.0. The van der Waals surface area contributed by atoms with Gasteiger partial charge in [0.25, 0.3) is 0 Å². The highest BCUT2D eigenvalue weighted by Gasteiger charge is 2.42. The second-order valence-electron chi connectivity index (χ2n) is 6.90. The maximum Gasteiger partial charge on any atom is 0.175 e. The molecular weight excluding hydrogens is 351 g/mol. The van der Waals surface area contributed by atoms with Gasteiger partial charge in [0, 0.05) is 21.4 Å². The molecule has 5 aromatic rings. The zero-order valence-electron chi connectivity index (χ0n) is 14.4. The Bertz CT molecular complexity index is 1400. The summed E-state index contributed by atoms with van der Waals surface area (Å²) in [6.07, 6.45) is 0. The summed E-state index contributed by atoms with van der Waals surface area (Å²) in [5.74, 6) is 0. The van der Waals surface area contributed by atoms with E-state index in [2.05, 4.69) is 24.3 Å². The van der Waals surface area contributed by atoms with Crippen molar-refractivity contribution in [1.82, 2.24) is 0 Å². The summed E-state index contributed by atoms with van der Waals surface area (Å²) in [6, 6.07) is 30.0. The van der Waals surface area contributed by atoms with Gasteiger partial charge >= 0.3 is 0 Å². The fourth-order valence-corrected chi connectivity index (χ4v) is 7.49. The van der Waals surface area contributed by atoms with Crippen LogP contribution in [0.3, 0.4) is 0 Å². The Morgan fingerprint density at radius 1 is 0.630 bits per heavy atom. The maximum atomic E-state index is 14.7. The van der Waals surface area contributed by atoms with Crippen LogP contribution in [0.1, 0.15) is 0 Å². The minimum atomic E-state index is -3.00. The molecule has 1 unspecified atom stereocenters. The van der Waals surface area contributed by atoms with Crippen molar-refractivity contribution in [1.29, 1.82) is 0 Å². The van der Waals surface area contributed by atoms with Crippen LogP contribution in [0, 0.1) is 0 Å². The lowest BCUT2D eigenvalue weighted by atomic mass is 10.0. The molecule has 0 amide bonds. The first-order valence-electron chi connectivity index (χ1n) is 8.99. The van der Waals surface area contributed by atoms with E-state index in [0.29, 0.717) is 0 Å². The summed E-state index contributed by atoms with van der Waals surface area (Å²) in [7, 11) is -3.00. The van der Waals surface area contributed by atoms with Crippen LogP contribution in [0.15, 0.2) is 95.4 Å². The number of benzene rings is 4. The van der Waals surface area contributed by atoms with Crippen molar-refractivity contribution in [3.05, 3.63) is 91.0 Å². The van der Waals surface area contributed by atoms with Crippen molar-refractivity contribution in [2.75, 3.05) is 0 Å². The van der Waals surface area contributed by atoms with Crippen LogP contribution in [0.4, 0.5) is 0 Å². The SMILES string of the molecule is O=P1(c2ccccc2)c2ccccc2-c2ccc3c(oc4ccccc43)c21. The Labute approximate surface area is 156 Å². The highest BCUT2D eigenvalue weighted by Crippen LogP contribution is 2.54. The number of fused-ring (bicyclic) bond motifs is 7. The highest BCUT2D eigenvalue weighted by atomic mass is 31.2. The van der Waals surface area contributed by atoms with Crippen molar-refractivity contribution in [3.8, 4) is 11.1 Å². The number of hydrogen-bond acceptors (Lipinski definition) is 2. The molecule has 0 saturated carbocycles. The number of hydrogen-bond donors (Lipinski definition) is 0. The van der Waals surface area contributed by atoms with Crippen LogP contribution in [-0.2, 0) is 4.57 Å². The molecule has 0 aliphatic carbocycles. The van der Waals surface area contributed by atoms with E-state index in [4.69, 9.17) is 4.42 Å². The zero-order valence-corrected chi connectivity index (χ0v) is 15.3. The number of furan rings is 1. The molecule has 27 heavy (non-hydrogen) atoms. The molecule has 0 N–H and O–H groups in total. The van der Waals surface area contributed by atoms with Crippen LogP contribution in [0.5, 0.6) is 0 Å². The molecule has 128 valence electrons. The average molecular weight is 366 g/mol. The van der Waals surface area contributed by atoms with Gasteiger partial charge in [0.05, 0.1) is 5.30 Å². The summed E-state index contributed by atoms with van der Waals surface area (Å²) in [5, 5.41) is 4.67. The first kappa shape index (κ1) is 15.0. The largest absolute Gasteiger partial charge is 0.455 e. The predicted octanol–water partition coefficient (Wildman–Crippen LogP) is 5.21. The van der Waals surface area contributed by atoms with Gasteiger partial charge in [-0.05, 0) is 23.3 Å². The summed E-state index contributed by atoms with van der Waals surface area (Å²) >= 11 is 0. The summed E-state index contributed by atoms with van der Waals surface area (Å²) < 4.78 is 21.0. The smallest absolute Gasteiger partial charge is 0.175 e. The molecule has 0 fully saturated rings. The monoisotopic (exact) mass is 366 g/mol. The van der Waals surface area contributed by atoms with E-state index in [1.54, 1.807) is 0 Å². The normalized spacial score (nSPS) is 17.9. The Balaban J connectivity index is 1.83. The topological polar surface area (TPSA) is 30.2 Å². The molecule has 0 radical (unpaired) electrons. The summed E-state index contributed by atoms with van der Waals surface area (Å²) in [5.41, 5.74) is 3.64. The van der Waals surface area contributed by atoms with E-state index in [1.807, 2.05) is 66.7 Å². The van der Waals surface area contributed by atoms with Crippen molar-refractivity contribution in [2.24, 2.45) is 0 Å². The van der Waals surface area contributed by atoms with Gasteiger partial charge in [0.2, 0.25) is 0 Å². The minimum Gasteiger partial charge on any atom is -0.455 e. The van der Waals surface area contributed by atoms with Crippen molar-refractivity contribution in [2.45, 2.75) is 0 Å². The first-order valence-corrected chi connectivity index (χ1v) is 10.7. The van der Waals surface area contributed by atoms with E-state index < -0.39 is 7.14 Å². The number of rotatable bonds is 1. The molecular formula is C24H15O2P. The molecule has 0 spiro atoms. The van der Waals surface area contributed by atoms with E-state index in [1.165, 1.54) is 0 Å². The Hall–Kier alpha value is -3.09. The minimum absolute atomic E-state index is 0.747. The molecule has 4 aromatic carbocycles. The molecule has 1 aromatic heterocycles. The van der Waals surface area contributed by atoms with Gasteiger partial charge in [-0.3, -0.25) is 0 Å². The Morgan fingerprint density at radius 3 is 2.26 bits per heavy atom. The summed E-state index contributed by atoms with van der Waals surface area (Å²) in [6.45, 7) is 0. The molecule has 6 rings (SSSR count). The third-order valence-electron chi connectivity index (χ3n) is 5.49. The van der Waals surface area contributed by atoms with Gasteiger partial charge in [-0.15, -0.1) is 0 Å².